The predicted octanol–water partition coefficient (Wildman–Crippen LogP) is 4.19. The lowest BCUT2D eigenvalue weighted by atomic mass is 10.0. The number of hydrogen-bond donors (Lipinski definition) is 1. The summed E-state index contributed by atoms with van der Waals surface area (Å²) in [5, 5.41) is 12.3. The van der Waals surface area contributed by atoms with Gasteiger partial charge in [-0.05, 0) is 37.1 Å². The third-order valence-corrected chi connectivity index (χ3v) is 4.31. The Hall–Kier alpha value is -2.82. The Morgan fingerprint density at radius 1 is 1.12 bits per heavy atom. The number of nitrogens with zero attached hydrogens (tertiary/aromatic N) is 3. The van der Waals surface area contributed by atoms with Crippen molar-refractivity contribution in [1.29, 1.82) is 5.26 Å². The Morgan fingerprint density at radius 3 is 2.42 bits per heavy atom. The summed E-state index contributed by atoms with van der Waals surface area (Å²) in [7, 11) is 0. The van der Waals surface area contributed by atoms with Crippen molar-refractivity contribution in [1.82, 2.24) is 4.98 Å². The van der Waals surface area contributed by atoms with E-state index in [1.807, 2.05) is 6.07 Å². The van der Waals surface area contributed by atoms with Crippen LogP contribution in [0.4, 0.5) is 29.1 Å². The molecular formula is C18H16F4N4. The Balaban J connectivity index is 1.72. The fourth-order valence-corrected chi connectivity index (χ4v) is 2.97. The van der Waals surface area contributed by atoms with Crippen LogP contribution in [0.1, 0.15) is 24.1 Å². The number of anilines is 2. The number of para-hydroxylation sites is 1. The first-order chi connectivity index (χ1) is 12.4. The van der Waals surface area contributed by atoms with Crippen molar-refractivity contribution in [3.8, 4) is 6.07 Å². The lowest BCUT2D eigenvalue weighted by Gasteiger charge is -2.34. The third-order valence-electron chi connectivity index (χ3n) is 4.31. The van der Waals surface area contributed by atoms with Gasteiger partial charge in [0.15, 0.2) is 0 Å². The van der Waals surface area contributed by atoms with E-state index < -0.39 is 11.9 Å². The molecule has 4 nitrogen and oxygen atoms in total. The van der Waals surface area contributed by atoms with Crippen LogP contribution in [-0.2, 0) is 6.18 Å². The summed E-state index contributed by atoms with van der Waals surface area (Å²) in [6.07, 6.45) is -3.37. The SMILES string of the molecule is N#Cc1ccc(C(F)(F)F)nc1N1CCC(Nc2ccccc2F)CC1. The van der Waals surface area contributed by atoms with E-state index in [0.29, 0.717) is 31.6 Å². The van der Waals surface area contributed by atoms with Gasteiger partial charge >= 0.3 is 6.18 Å². The fourth-order valence-electron chi connectivity index (χ4n) is 2.97. The molecule has 1 aliphatic heterocycles. The molecule has 0 amide bonds. The van der Waals surface area contributed by atoms with E-state index >= 15 is 0 Å². The van der Waals surface area contributed by atoms with Crippen molar-refractivity contribution in [2.24, 2.45) is 0 Å². The van der Waals surface area contributed by atoms with E-state index in [-0.39, 0.29) is 23.2 Å². The highest BCUT2D eigenvalue weighted by molar-refractivity contribution is 5.55. The van der Waals surface area contributed by atoms with Crippen LogP contribution >= 0.6 is 0 Å². The van der Waals surface area contributed by atoms with Crippen molar-refractivity contribution in [3.05, 3.63) is 53.5 Å². The van der Waals surface area contributed by atoms with Crippen molar-refractivity contribution in [3.63, 3.8) is 0 Å². The molecule has 1 aromatic carbocycles. The van der Waals surface area contributed by atoms with Crippen molar-refractivity contribution < 1.29 is 17.6 Å². The van der Waals surface area contributed by atoms with Gasteiger partial charge in [0, 0.05) is 19.1 Å². The van der Waals surface area contributed by atoms with Crippen LogP contribution in [0.15, 0.2) is 36.4 Å². The van der Waals surface area contributed by atoms with E-state index in [1.165, 1.54) is 6.07 Å². The smallest absolute Gasteiger partial charge is 0.380 e. The number of pyridine rings is 1. The molecule has 1 fully saturated rings. The number of nitrogens with one attached hydrogen (secondary N) is 1. The Kier molecular flexibility index (Phi) is 4.98. The maximum absolute atomic E-state index is 13.7. The Bertz CT molecular complexity index is 821. The molecule has 1 aliphatic rings. The van der Waals surface area contributed by atoms with Gasteiger partial charge in [-0.3, -0.25) is 0 Å². The van der Waals surface area contributed by atoms with E-state index in [0.717, 1.165) is 12.1 Å². The molecule has 8 heteroatoms. The zero-order valence-electron chi connectivity index (χ0n) is 13.7. The first-order valence-electron chi connectivity index (χ1n) is 8.13. The molecule has 0 saturated carbocycles. The number of piperidine rings is 1. The summed E-state index contributed by atoms with van der Waals surface area (Å²) in [6.45, 7) is 0.851. The van der Waals surface area contributed by atoms with Gasteiger partial charge in [-0.25, -0.2) is 9.37 Å². The molecule has 136 valence electrons. The van der Waals surface area contributed by atoms with Gasteiger partial charge in [0.2, 0.25) is 0 Å². The Morgan fingerprint density at radius 2 is 1.81 bits per heavy atom. The van der Waals surface area contributed by atoms with Gasteiger partial charge in [0.1, 0.15) is 23.4 Å². The van der Waals surface area contributed by atoms with E-state index in [1.54, 1.807) is 23.1 Å². The van der Waals surface area contributed by atoms with Crippen LogP contribution in [-0.4, -0.2) is 24.1 Å². The summed E-state index contributed by atoms with van der Waals surface area (Å²) in [5.41, 5.74) is -0.502. The summed E-state index contributed by atoms with van der Waals surface area (Å²) in [5.74, 6) is -0.298. The number of halogens is 4. The number of alkyl halides is 3. The molecule has 1 N–H and O–H groups in total. The molecule has 26 heavy (non-hydrogen) atoms. The third kappa shape index (κ3) is 3.87. The van der Waals surface area contributed by atoms with E-state index in [2.05, 4.69) is 10.3 Å². The Labute approximate surface area is 148 Å². The second-order valence-corrected chi connectivity index (χ2v) is 6.06. The molecule has 0 atom stereocenters. The molecule has 1 saturated heterocycles. The van der Waals surface area contributed by atoms with Gasteiger partial charge in [0.25, 0.3) is 0 Å². The minimum atomic E-state index is -4.56. The molecule has 0 bridgehead atoms. The van der Waals surface area contributed by atoms with Crippen LogP contribution in [0, 0.1) is 17.1 Å². The van der Waals surface area contributed by atoms with E-state index in [4.69, 9.17) is 5.26 Å². The predicted molar refractivity (Wildman–Crippen MR) is 89.2 cm³/mol. The van der Waals surface area contributed by atoms with Gasteiger partial charge in [-0.1, -0.05) is 12.1 Å². The van der Waals surface area contributed by atoms with E-state index in [9.17, 15) is 17.6 Å². The van der Waals surface area contributed by atoms with Crippen molar-refractivity contribution >= 4 is 11.5 Å². The number of hydrogen-bond acceptors (Lipinski definition) is 4. The highest BCUT2D eigenvalue weighted by atomic mass is 19.4. The van der Waals surface area contributed by atoms with Crippen LogP contribution in [0.3, 0.4) is 0 Å². The molecule has 0 radical (unpaired) electrons. The van der Waals surface area contributed by atoms with Crippen LogP contribution in [0.2, 0.25) is 0 Å². The summed E-state index contributed by atoms with van der Waals surface area (Å²) in [6, 6.07) is 10.2. The fraction of sp³-hybridized carbons (Fsp3) is 0.333. The zero-order valence-corrected chi connectivity index (χ0v) is 13.7. The largest absolute Gasteiger partial charge is 0.433 e. The topological polar surface area (TPSA) is 52.0 Å². The minimum absolute atomic E-state index is 0.000477. The van der Waals surface area contributed by atoms with Crippen molar-refractivity contribution in [2.75, 3.05) is 23.3 Å². The molecule has 2 heterocycles. The molecule has 3 rings (SSSR count). The van der Waals surface area contributed by atoms with Crippen LogP contribution in [0.5, 0.6) is 0 Å². The van der Waals surface area contributed by atoms with Gasteiger partial charge in [0.05, 0.1) is 11.3 Å². The summed E-state index contributed by atoms with van der Waals surface area (Å²) >= 11 is 0. The molecule has 0 unspecified atom stereocenters. The average molecular weight is 364 g/mol. The molecule has 0 aliphatic carbocycles. The molecular weight excluding hydrogens is 348 g/mol. The minimum Gasteiger partial charge on any atom is -0.380 e. The summed E-state index contributed by atoms with van der Waals surface area (Å²) < 4.78 is 52.4. The maximum Gasteiger partial charge on any atom is 0.433 e. The number of aromatic nitrogens is 1. The van der Waals surface area contributed by atoms with Crippen LogP contribution < -0.4 is 10.2 Å². The second kappa shape index (κ2) is 7.20. The highest BCUT2D eigenvalue weighted by Crippen LogP contribution is 2.31. The zero-order chi connectivity index (χ0) is 18.7. The first kappa shape index (κ1) is 18.0. The molecule has 2 aromatic rings. The highest BCUT2D eigenvalue weighted by Gasteiger charge is 2.34. The lowest BCUT2D eigenvalue weighted by molar-refractivity contribution is -0.141. The maximum atomic E-state index is 13.7. The monoisotopic (exact) mass is 364 g/mol. The summed E-state index contributed by atoms with van der Waals surface area (Å²) in [4.78, 5) is 5.33. The van der Waals surface area contributed by atoms with Gasteiger partial charge in [-0.15, -0.1) is 0 Å². The first-order valence-corrected chi connectivity index (χ1v) is 8.13. The normalized spacial score (nSPS) is 15.6. The average Bonchev–Trinajstić information content (AvgIpc) is 2.63. The van der Waals surface area contributed by atoms with Crippen LogP contribution in [0.25, 0.3) is 0 Å². The quantitative estimate of drug-likeness (QED) is 0.830. The second-order valence-electron chi connectivity index (χ2n) is 6.06. The number of rotatable bonds is 3. The number of nitriles is 1. The molecule has 0 spiro atoms. The molecule has 1 aromatic heterocycles. The lowest BCUT2D eigenvalue weighted by Crippen LogP contribution is -2.40. The van der Waals surface area contributed by atoms with Crippen molar-refractivity contribution in [2.45, 2.75) is 25.1 Å². The van der Waals surface area contributed by atoms with Gasteiger partial charge in [-0.2, -0.15) is 18.4 Å². The number of benzene rings is 1. The standard InChI is InChI=1S/C18H16F4N4/c19-14-3-1-2-4-15(14)24-13-7-9-26(10-8-13)17-12(11-23)5-6-16(25-17)18(20,21)22/h1-6,13,24H,7-10H2. The van der Waals surface area contributed by atoms with Gasteiger partial charge < -0.3 is 10.2 Å².